The Morgan fingerprint density at radius 2 is 2.09 bits per heavy atom. The highest BCUT2D eigenvalue weighted by Crippen LogP contribution is 2.33. The second kappa shape index (κ2) is 7.04. The molecule has 1 atom stereocenters. The summed E-state index contributed by atoms with van der Waals surface area (Å²) in [6.07, 6.45) is 1.25. The molecule has 3 rings (SSSR count). The number of aliphatic hydroxyl groups is 1. The minimum atomic E-state index is -0.412. The van der Waals surface area contributed by atoms with Gasteiger partial charge in [-0.3, -0.25) is 4.79 Å². The van der Waals surface area contributed by atoms with Gasteiger partial charge in [-0.2, -0.15) is 0 Å². The summed E-state index contributed by atoms with van der Waals surface area (Å²) >= 11 is 7.61. The second-order valence-corrected chi connectivity index (χ2v) is 7.44. The maximum absolute atomic E-state index is 12.6. The van der Waals surface area contributed by atoms with E-state index in [9.17, 15) is 9.90 Å². The summed E-state index contributed by atoms with van der Waals surface area (Å²) < 4.78 is 0. The van der Waals surface area contributed by atoms with E-state index in [0.717, 1.165) is 23.3 Å². The van der Waals surface area contributed by atoms with Crippen LogP contribution in [0.3, 0.4) is 0 Å². The topological polar surface area (TPSA) is 40.5 Å². The molecule has 1 amide bonds. The molecule has 3 nitrogen and oxygen atoms in total. The largest absolute Gasteiger partial charge is 0.387 e. The van der Waals surface area contributed by atoms with Gasteiger partial charge >= 0.3 is 0 Å². The van der Waals surface area contributed by atoms with Crippen molar-refractivity contribution in [3.05, 3.63) is 56.7 Å². The summed E-state index contributed by atoms with van der Waals surface area (Å²) in [6.45, 7) is 3.28. The number of carbonyl (C=O) groups excluding carboxylic acids is 1. The monoisotopic (exact) mass is 349 g/mol. The van der Waals surface area contributed by atoms with Crippen LogP contribution < -0.4 is 0 Å². The standard InChI is InChI=1S/C18H20ClNO2S/c1-12-11-14(4-5-15(12)19)18(22)20-8-6-13(7-9-20)17(21)16-3-2-10-23-16/h2-5,10-11,13,17,21H,6-9H2,1H3. The lowest BCUT2D eigenvalue weighted by molar-refractivity contribution is 0.0474. The van der Waals surface area contributed by atoms with Gasteiger partial charge in [0.1, 0.15) is 0 Å². The van der Waals surface area contributed by atoms with Crippen molar-refractivity contribution >= 4 is 28.8 Å². The van der Waals surface area contributed by atoms with Crippen LogP contribution in [0, 0.1) is 12.8 Å². The van der Waals surface area contributed by atoms with Gasteiger partial charge in [0.25, 0.3) is 5.91 Å². The highest BCUT2D eigenvalue weighted by atomic mass is 35.5. The van der Waals surface area contributed by atoms with Gasteiger partial charge < -0.3 is 10.0 Å². The molecule has 1 aliphatic heterocycles. The van der Waals surface area contributed by atoms with Gasteiger partial charge in [-0.05, 0) is 60.9 Å². The van der Waals surface area contributed by atoms with E-state index in [2.05, 4.69) is 0 Å². The van der Waals surface area contributed by atoms with E-state index in [0.29, 0.717) is 23.7 Å². The van der Waals surface area contributed by atoms with Crippen LogP contribution in [0.5, 0.6) is 0 Å². The second-order valence-electron chi connectivity index (χ2n) is 6.05. The number of hydrogen-bond acceptors (Lipinski definition) is 3. The zero-order valence-corrected chi connectivity index (χ0v) is 14.6. The van der Waals surface area contributed by atoms with E-state index in [1.807, 2.05) is 35.4 Å². The Labute approximate surface area is 145 Å². The number of thiophene rings is 1. The van der Waals surface area contributed by atoms with Crippen molar-refractivity contribution < 1.29 is 9.90 Å². The van der Waals surface area contributed by atoms with Crippen LogP contribution in [0.15, 0.2) is 35.7 Å². The van der Waals surface area contributed by atoms with Crippen molar-refractivity contribution in [1.82, 2.24) is 4.90 Å². The van der Waals surface area contributed by atoms with Crippen LogP contribution in [-0.4, -0.2) is 29.0 Å². The zero-order valence-electron chi connectivity index (χ0n) is 13.0. The lowest BCUT2D eigenvalue weighted by Gasteiger charge is -2.34. The van der Waals surface area contributed by atoms with Gasteiger partial charge in [0.2, 0.25) is 0 Å². The Balaban J connectivity index is 1.62. The van der Waals surface area contributed by atoms with E-state index < -0.39 is 6.10 Å². The highest BCUT2D eigenvalue weighted by molar-refractivity contribution is 7.10. The van der Waals surface area contributed by atoms with E-state index in [1.54, 1.807) is 23.5 Å². The van der Waals surface area contributed by atoms with Crippen LogP contribution in [0.1, 0.15) is 39.7 Å². The van der Waals surface area contributed by atoms with E-state index in [-0.39, 0.29) is 11.8 Å². The van der Waals surface area contributed by atoms with Gasteiger partial charge in [0, 0.05) is 28.6 Å². The number of hydrogen-bond donors (Lipinski definition) is 1. The third kappa shape index (κ3) is 3.60. The molecule has 2 heterocycles. The Hall–Kier alpha value is -1.36. The minimum absolute atomic E-state index is 0.0498. The summed E-state index contributed by atoms with van der Waals surface area (Å²) in [6, 6.07) is 9.34. The van der Waals surface area contributed by atoms with E-state index in [4.69, 9.17) is 11.6 Å². The Bertz CT molecular complexity index is 678. The number of aryl methyl sites for hydroxylation is 1. The van der Waals surface area contributed by atoms with Crippen molar-refractivity contribution in [2.75, 3.05) is 13.1 Å². The normalized spacial score (nSPS) is 17.3. The van der Waals surface area contributed by atoms with Crippen molar-refractivity contribution in [3.63, 3.8) is 0 Å². The number of likely N-dealkylation sites (tertiary alicyclic amines) is 1. The third-order valence-corrected chi connectivity index (χ3v) is 5.88. The zero-order chi connectivity index (χ0) is 16.4. The molecule has 0 saturated carbocycles. The molecule has 1 saturated heterocycles. The molecule has 1 N–H and O–H groups in total. The first-order valence-electron chi connectivity index (χ1n) is 7.83. The lowest BCUT2D eigenvalue weighted by Crippen LogP contribution is -2.39. The smallest absolute Gasteiger partial charge is 0.253 e. The van der Waals surface area contributed by atoms with E-state index in [1.165, 1.54) is 0 Å². The average molecular weight is 350 g/mol. The number of aliphatic hydroxyl groups excluding tert-OH is 1. The van der Waals surface area contributed by atoms with Gasteiger partial charge in [0.15, 0.2) is 0 Å². The molecule has 1 fully saturated rings. The highest BCUT2D eigenvalue weighted by Gasteiger charge is 2.29. The van der Waals surface area contributed by atoms with Crippen LogP contribution in [0.2, 0.25) is 5.02 Å². The van der Waals surface area contributed by atoms with Crippen molar-refractivity contribution in [1.29, 1.82) is 0 Å². The molecule has 1 aromatic carbocycles. The van der Waals surface area contributed by atoms with Crippen molar-refractivity contribution in [2.45, 2.75) is 25.9 Å². The van der Waals surface area contributed by atoms with Crippen molar-refractivity contribution in [2.24, 2.45) is 5.92 Å². The number of rotatable bonds is 3. The summed E-state index contributed by atoms with van der Waals surface area (Å²) in [4.78, 5) is 15.5. The molecule has 0 spiro atoms. The predicted octanol–water partition coefficient (Wildman–Crippen LogP) is 4.30. The molecule has 0 radical (unpaired) electrons. The summed E-state index contributed by atoms with van der Waals surface area (Å²) in [5.41, 5.74) is 1.60. The molecule has 1 aliphatic rings. The molecular weight excluding hydrogens is 330 g/mol. The fraction of sp³-hybridized carbons (Fsp3) is 0.389. The molecule has 1 unspecified atom stereocenters. The summed E-state index contributed by atoms with van der Waals surface area (Å²) in [5.74, 6) is 0.276. The SMILES string of the molecule is Cc1cc(C(=O)N2CCC(C(O)c3cccs3)CC2)ccc1Cl. The first-order chi connectivity index (χ1) is 11.1. The average Bonchev–Trinajstić information content (AvgIpc) is 3.11. The fourth-order valence-corrected chi connectivity index (χ4v) is 3.99. The van der Waals surface area contributed by atoms with Gasteiger partial charge in [-0.25, -0.2) is 0 Å². The number of nitrogens with zero attached hydrogens (tertiary/aromatic N) is 1. The number of benzene rings is 1. The maximum atomic E-state index is 12.6. The molecule has 0 aliphatic carbocycles. The van der Waals surface area contributed by atoms with Gasteiger partial charge in [-0.15, -0.1) is 11.3 Å². The molecule has 1 aromatic heterocycles. The minimum Gasteiger partial charge on any atom is -0.387 e. The van der Waals surface area contributed by atoms with E-state index >= 15 is 0 Å². The molecule has 0 bridgehead atoms. The quantitative estimate of drug-likeness (QED) is 0.897. The fourth-order valence-electron chi connectivity index (χ4n) is 3.07. The van der Waals surface area contributed by atoms with Crippen LogP contribution >= 0.6 is 22.9 Å². The first-order valence-corrected chi connectivity index (χ1v) is 9.09. The van der Waals surface area contributed by atoms with Crippen molar-refractivity contribution in [3.8, 4) is 0 Å². The molecule has 122 valence electrons. The number of halogens is 1. The predicted molar refractivity (Wildman–Crippen MR) is 94.1 cm³/mol. The van der Waals surface area contributed by atoms with Crippen LogP contribution in [0.4, 0.5) is 0 Å². The molecule has 23 heavy (non-hydrogen) atoms. The molecule has 2 aromatic rings. The number of piperidine rings is 1. The van der Waals surface area contributed by atoms with Gasteiger partial charge in [-0.1, -0.05) is 17.7 Å². The van der Waals surface area contributed by atoms with Gasteiger partial charge in [0.05, 0.1) is 6.10 Å². The number of amides is 1. The van der Waals surface area contributed by atoms with Crippen LogP contribution in [-0.2, 0) is 0 Å². The van der Waals surface area contributed by atoms with Crippen LogP contribution in [0.25, 0.3) is 0 Å². The lowest BCUT2D eigenvalue weighted by atomic mass is 9.90. The molecular formula is C18H20ClNO2S. The first kappa shape index (κ1) is 16.5. The number of carbonyl (C=O) groups is 1. The summed E-state index contributed by atoms with van der Waals surface area (Å²) in [5, 5.41) is 13.1. The Morgan fingerprint density at radius 3 is 2.70 bits per heavy atom. The third-order valence-electron chi connectivity index (χ3n) is 4.51. The Morgan fingerprint density at radius 1 is 1.35 bits per heavy atom. The Kier molecular flexibility index (Phi) is 5.05. The molecule has 5 heteroatoms. The summed E-state index contributed by atoms with van der Waals surface area (Å²) in [7, 11) is 0. The maximum Gasteiger partial charge on any atom is 0.253 e.